The Morgan fingerprint density at radius 3 is 3.16 bits per heavy atom. The predicted molar refractivity (Wildman–Crippen MR) is 76.9 cm³/mol. The molecule has 1 aliphatic rings. The summed E-state index contributed by atoms with van der Waals surface area (Å²) in [6.45, 7) is 2.17. The minimum absolute atomic E-state index is 0.503. The Morgan fingerprint density at radius 2 is 2.26 bits per heavy atom. The number of nitrogens with zero attached hydrogens (tertiary/aromatic N) is 4. The minimum atomic E-state index is 0.503. The average molecular weight is 280 g/mol. The quantitative estimate of drug-likeness (QED) is 0.913. The topological polar surface area (TPSA) is 45.5 Å². The van der Waals surface area contributed by atoms with Crippen molar-refractivity contribution in [3.05, 3.63) is 23.4 Å². The number of anilines is 1. The van der Waals surface area contributed by atoms with Crippen LogP contribution in [0.15, 0.2) is 18.3 Å². The van der Waals surface area contributed by atoms with Crippen LogP contribution >= 0.6 is 11.6 Å². The molecule has 5 nitrogen and oxygen atoms in total. The number of nitrogens with one attached hydrogen (secondary N) is 1. The van der Waals surface area contributed by atoms with Crippen LogP contribution in [0.2, 0.25) is 5.02 Å². The van der Waals surface area contributed by atoms with Gasteiger partial charge in [0.05, 0.1) is 5.02 Å². The highest BCUT2D eigenvalue weighted by Gasteiger charge is 2.20. The van der Waals surface area contributed by atoms with Crippen LogP contribution in [0.4, 0.5) is 5.95 Å². The van der Waals surface area contributed by atoms with Gasteiger partial charge in [-0.15, -0.1) is 5.10 Å². The number of halogens is 1. The smallest absolute Gasteiger partial charge is 0.245 e. The molecule has 1 aliphatic heterocycles. The Kier molecular flexibility index (Phi) is 3.57. The highest BCUT2D eigenvalue weighted by molar-refractivity contribution is 6.30. The number of hydrogen-bond acceptors (Lipinski definition) is 4. The number of aromatic nitrogens is 3. The van der Waals surface area contributed by atoms with Gasteiger partial charge in [0.2, 0.25) is 5.95 Å². The Balaban J connectivity index is 1.85. The molecular formula is C13H18ClN5. The van der Waals surface area contributed by atoms with E-state index in [9.17, 15) is 0 Å². The monoisotopic (exact) mass is 279 g/mol. The van der Waals surface area contributed by atoms with Gasteiger partial charge in [0.15, 0.2) is 5.65 Å². The summed E-state index contributed by atoms with van der Waals surface area (Å²) >= 11 is 5.97. The zero-order valence-corrected chi connectivity index (χ0v) is 11.8. The van der Waals surface area contributed by atoms with Crippen LogP contribution < -0.4 is 10.2 Å². The van der Waals surface area contributed by atoms with Crippen molar-refractivity contribution in [2.75, 3.05) is 25.0 Å². The van der Waals surface area contributed by atoms with Crippen molar-refractivity contribution < 1.29 is 0 Å². The lowest BCUT2D eigenvalue weighted by molar-refractivity contribution is 0.558. The number of rotatable bonds is 2. The summed E-state index contributed by atoms with van der Waals surface area (Å²) < 4.78 is 1.74. The zero-order valence-electron chi connectivity index (χ0n) is 11.0. The Labute approximate surface area is 117 Å². The maximum absolute atomic E-state index is 5.97. The molecule has 102 valence electrons. The van der Waals surface area contributed by atoms with Crippen LogP contribution in [0.25, 0.3) is 5.65 Å². The normalized spacial score (nSPS) is 20.4. The third-order valence-electron chi connectivity index (χ3n) is 3.69. The standard InChI is InChI=1S/C13H18ClN5/c1-18(11-3-2-7-15-8-6-11)13-16-12-5-4-10(14)9-19(12)17-13/h4-5,9,11,15H,2-3,6-8H2,1H3. The fourth-order valence-electron chi connectivity index (χ4n) is 2.55. The molecule has 0 bridgehead atoms. The summed E-state index contributed by atoms with van der Waals surface area (Å²) in [5.41, 5.74) is 0.831. The van der Waals surface area contributed by atoms with E-state index in [-0.39, 0.29) is 0 Å². The van der Waals surface area contributed by atoms with E-state index in [0.717, 1.165) is 31.1 Å². The van der Waals surface area contributed by atoms with Crippen LogP contribution in [0.1, 0.15) is 19.3 Å². The molecule has 6 heteroatoms. The van der Waals surface area contributed by atoms with Crippen LogP contribution in [-0.2, 0) is 0 Å². The van der Waals surface area contributed by atoms with Gasteiger partial charge >= 0.3 is 0 Å². The van der Waals surface area contributed by atoms with E-state index >= 15 is 0 Å². The number of hydrogen-bond donors (Lipinski definition) is 1. The molecule has 1 saturated heterocycles. The van der Waals surface area contributed by atoms with Gasteiger partial charge in [0.25, 0.3) is 0 Å². The van der Waals surface area contributed by atoms with E-state index in [4.69, 9.17) is 11.6 Å². The molecule has 1 N–H and O–H groups in total. The van der Waals surface area contributed by atoms with Gasteiger partial charge in [-0.2, -0.15) is 4.98 Å². The first-order valence-electron chi connectivity index (χ1n) is 6.69. The molecule has 3 rings (SSSR count). The van der Waals surface area contributed by atoms with Crippen molar-refractivity contribution in [2.24, 2.45) is 0 Å². The van der Waals surface area contributed by atoms with Crippen molar-refractivity contribution in [2.45, 2.75) is 25.3 Å². The highest BCUT2D eigenvalue weighted by Crippen LogP contribution is 2.19. The van der Waals surface area contributed by atoms with Crippen LogP contribution in [0.3, 0.4) is 0 Å². The maximum atomic E-state index is 5.97. The summed E-state index contributed by atoms with van der Waals surface area (Å²) in [6.07, 6.45) is 5.30. The Hall–Kier alpha value is -1.33. The Bertz CT molecular complexity index is 559. The van der Waals surface area contributed by atoms with E-state index in [2.05, 4.69) is 27.3 Å². The number of pyridine rings is 1. The largest absolute Gasteiger partial charge is 0.340 e. The third-order valence-corrected chi connectivity index (χ3v) is 3.92. The second-order valence-corrected chi connectivity index (χ2v) is 5.44. The van der Waals surface area contributed by atoms with Crippen LogP contribution in [0.5, 0.6) is 0 Å². The van der Waals surface area contributed by atoms with Crippen molar-refractivity contribution in [1.82, 2.24) is 19.9 Å². The molecule has 1 unspecified atom stereocenters. The molecule has 0 aliphatic carbocycles. The second-order valence-electron chi connectivity index (χ2n) is 5.01. The van der Waals surface area contributed by atoms with Crippen molar-refractivity contribution >= 4 is 23.2 Å². The lowest BCUT2D eigenvalue weighted by atomic mass is 10.1. The van der Waals surface area contributed by atoms with Crippen LogP contribution in [0, 0.1) is 0 Å². The van der Waals surface area contributed by atoms with Gasteiger partial charge in [-0.05, 0) is 44.5 Å². The van der Waals surface area contributed by atoms with Crippen LogP contribution in [-0.4, -0.2) is 40.8 Å². The van der Waals surface area contributed by atoms with E-state index in [0.29, 0.717) is 11.1 Å². The molecule has 1 fully saturated rings. The summed E-state index contributed by atoms with van der Waals surface area (Å²) in [6, 6.07) is 4.23. The van der Waals surface area contributed by atoms with Gasteiger partial charge < -0.3 is 10.2 Å². The summed E-state index contributed by atoms with van der Waals surface area (Å²) in [5.74, 6) is 0.772. The average Bonchev–Trinajstić information content (AvgIpc) is 2.64. The van der Waals surface area contributed by atoms with Gasteiger partial charge in [0, 0.05) is 19.3 Å². The first-order chi connectivity index (χ1) is 9.24. The Morgan fingerprint density at radius 1 is 1.37 bits per heavy atom. The molecule has 0 amide bonds. The first kappa shape index (κ1) is 12.7. The van der Waals surface area contributed by atoms with Gasteiger partial charge in [-0.25, -0.2) is 4.52 Å². The predicted octanol–water partition coefficient (Wildman–Crippen LogP) is 1.96. The molecule has 2 aromatic rings. The summed E-state index contributed by atoms with van der Waals surface area (Å²) in [7, 11) is 2.08. The SMILES string of the molecule is CN(c1nc2ccc(Cl)cn2n1)C1CCCNCC1. The maximum Gasteiger partial charge on any atom is 0.245 e. The van der Waals surface area contributed by atoms with Gasteiger partial charge in [-0.1, -0.05) is 11.6 Å². The highest BCUT2D eigenvalue weighted by atomic mass is 35.5. The summed E-state index contributed by atoms with van der Waals surface area (Å²) in [5, 5.41) is 8.60. The molecule has 0 spiro atoms. The lowest BCUT2D eigenvalue weighted by Gasteiger charge is -2.25. The lowest BCUT2D eigenvalue weighted by Crippen LogP contribution is -2.33. The zero-order chi connectivity index (χ0) is 13.2. The molecule has 2 aromatic heterocycles. The fourth-order valence-corrected chi connectivity index (χ4v) is 2.70. The van der Waals surface area contributed by atoms with Crippen molar-refractivity contribution in [3.63, 3.8) is 0 Å². The molecule has 0 aromatic carbocycles. The number of fused-ring (bicyclic) bond motifs is 1. The van der Waals surface area contributed by atoms with Gasteiger partial charge in [-0.3, -0.25) is 0 Å². The molecule has 19 heavy (non-hydrogen) atoms. The first-order valence-corrected chi connectivity index (χ1v) is 7.07. The van der Waals surface area contributed by atoms with E-state index < -0.39 is 0 Å². The second kappa shape index (κ2) is 5.35. The third kappa shape index (κ3) is 2.67. The summed E-state index contributed by atoms with van der Waals surface area (Å²) in [4.78, 5) is 6.75. The molecule has 3 heterocycles. The van der Waals surface area contributed by atoms with E-state index in [1.54, 1.807) is 10.7 Å². The fraction of sp³-hybridized carbons (Fsp3) is 0.538. The van der Waals surface area contributed by atoms with Crippen molar-refractivity contribution in [1.29, 1.82) is 0 Å². The molecular weight excluding hydrogens is 262 g/mol. The van der Waals surface area contributed by atoms with Crippen molar-refractivity contribution in [3.8, 4) is 0 Å². The van der Waals surface area contributed by atoms with E-state index in [1.807, 2.05) is 12.1 Å². The molecule has 1 atom stereocenters. The molecule has 0 saturated carbocycles. The minimum Gasteiger partial charge on any atom is -0.340 e. The van der Waals surface area contributed by atoms with E-state index in [1.165, 1.54) is 12.8 Å². The van der Waals surface area contributed by atoms with Gasteiger partial charge in [0.1, 0.15) is 0 Å². The molecule has 0 radical (unpaired) electrons.